The molecule has 0 heterocycles. The van der Waals surface area contributed by atoms with Gasteiger partial charge in [0.05, 0.1) is 6.04 Å². The first-order valence-corrected chi connectivity index (χ1v) is 8.45. The zero-order valence-corrected chi connectivity index (χ0v) is 14.8. The van der Waals surface area contributed by atoms with Crippen LogP contribution in [0.4, 0.5) is 4.79 Å². The van der Waals surface area contributed by atoms with Crippen molar-refractivity contribution in [1.29, 1.82) is 0 Å². The number of nitrogens with one attached hydrogen (secondary N) is 1. The van der Waals surface area contributed by atoms with Crippen molar-refractivity contribution in [2.75, 3.05) is 0 Å². The number of fused-ring (bicyclic) bond motifs is 1. The molecular formula is C22H23NO2. The largest absolute Gasteiger partial charge is 0.444 e. The number of hydrogen-bond acceptors (Lipinski definition) is 2. The number of rotatable bonds is 3. The SMILES string of the molecule is CC(C)(C)OC(=O)NC(c1ccccc1)c1ccc2ccccc2c1. The maximum Gasteiger partial charge on any atom is 0.408 e. The molecule has 0 aliphatic heterocycles. The van der Waals surface area contributed by atoms with Crippen LogP contribution in [0.3, 0.4) is 0 Å². The number of hydrogen-bond donors (Lipinski definition) is 1. The van der Waals surface area contributed by atoms with Gasteiger partial charge in [0.1, 0.15) is 5.60 Å². The van der Waals surface area contributed by atoms with Crippen molar-refractivity contribution in [2.45, 2.75) is 32.4 Å². The molecule has 1 unspecified atom stereocenters. The van der Waals surface area contributed by atoms with E-state index in [1.807, 2.05) is 63.2 Å². The Morgan fingerprint density at radius 3 is 2.16 bits per heavy atom. The van der Waals surface area contributed by atoms with Crippen molar-refractivity contribution >= 4 is 16.9 Å². The van der Waals surface area contributed by atoms with E-state index >= 15 is 0 Å². The Balaban J connectivity index is 1.96. The zero-order valence-electron chi connectivity index (χ0n) is 14.8. The molecule has 0 aliphatic carbocycles. The summed E-state index contributed by atoms with van der Waals surface area (Å²) >= 11 is 0. The number of carbonyl (C=O) groups excluding carboxylic acids is 1. The maximum atomic E-state index is 12.3. The van der Waals surface area contributed by atoms with Gasteiger partial charge in [-0.15, -0.1) is 0 Å². The molecule has 1 N–H and O–H groups in total. The molecule has 1 atom stereocenters. The van der Waals surface area contributed by atoms with E-state index in [1.54, 1.807) is 0 Å². The standard InChI is InChI=1S/C22H23NO2/c1-22(2,3)25-21(24)23-20(17-10-5-4-6-11-17)19-14-13-16-9-7-8-12-18(16)15-19/h4-15,20H,1-3H3,(H,23,24). The van der Waals surface area contributed by atoms with Gasteiger partial charge in [-0.05, 0) is 48.7 Å². The van der Waals surface area contributed by atoms with Crippen LogP contribution in [0.2, 0.25) is 0 Å². The van der Waals surface area contributed by atoms with E-state index in [0.717, 1.165) is 16.5 Å². The number of benzene rings is 3. The van der Waals surface area contributed by atoms with Gasteiger partial charge in [-0.25, -0.2) is 4.79 Å². The monoisotopic (exact) mass is 333 g/mol. The molecule has 3 heteroatoms. The van der Waals surface area contributed by atoms with E-state index in [9.17, 15) is 4.79 Å². The summed E-state index contributed by atoms with van der Waals surface area (Å²) < 4.78 is 5.45. The Morgan fingerprint density at radius 2 is 1.48 bits per heavy atom. The van der Waals surface area contributed by atoms with Crippen molar-refractivity contribution in [3.63, 3.8) is 0 Å². The van der Waals surface area contributed by atoms with Crippen molar-refractivity contribution in [3.05, 3.63) is 83.9 Å². The Bertz CT molecular complexity index is 866. The molecule has 0 aliphatic rings. The highest BCUT2D eigenvalue weighted by molar-refractivity contribution is 5.83. The highest BCUT2D eigenvalue weighted by Crippen LogP contribution is 2.26. The molecule has 128 valence electrons. The minimum absolute atomic E-state index is 0.263. The van der Waals surface area contributed by atoms with Gasteiger partial charge in [0.25, 0.3) is 0 Å². The summed E-state index contributed by atoms with van der Waals surface area (Å²) in [6, 6.07) is 24.1. The number of ether oxygens (including phenoxy) is 1. The van der Waals surface area contributed by atoms with E-state index in [2.05, 4.69) is 35.6 Å². The van der Waals surface area contributed by atoms with Crippen LogP contribution in [0.15, 0.2) is 72.8 Å². The maximum absolute atomic E-state index is 12.3. The Kier molecular flexibility index (Phi) is 4.75. The third-order valence-electron chi connectivity index (χ3n) is 3.90. The van der Waals surface area contributed by atoms with E-state index in [-0.39, 0.29) is 6.04 Å². The van der Waals surface area contributed by atoms with Crippen LogP contribution >= 0.6 is 0 Å². The highest BCUT2D eigenvalue weighted by atomic mass is 16.6. The van der Waals surface area contributed by atoms with Crippen molar-refractivity contribution in [3.8, 4) is 0 Å². The van der Waals surface area contributed by atoms with Gasteiger partial charge in [-0.3, -0.25) is 0 Å². The minimum atomic E-state index is -0.533. The van der Waals surface area contributed by atoms with Gasteiger partial charge >= 0.3 is 6.09 Å². The average molecular weight is 333 g/mol. The number of carbonyl (C=O) groups is 1. The number of alkyl carbamates (subject to hydrolysis) is 1. The molecule has 0 spiro atoms. The van der Waals surface area contributed by atoms with Gasteiger partial charge in [0, 0.05) is 0 Å². The van der Waals surface area contributed by atoms with Gasteiger partial charge < -0.3 is 10.1 Å². The summed E-state index contributed by atoms with van der Waals surface area (Å²) in [6.07, 6.45) is -0.422. The van der Waals surface area contributed by atoms with Crippen LogP contribution in [0.25, 0.3) is 10.8 Å². The fourth-order valence-corrected chi connectivity index (χ4v) is 2.82. The summed E-state index contributed by atoms with van der Waals surface area (Å²) in [4.78, 5) is 12.3. The minimum Gasteiger partial charge on any atom is -0.444 e. The first-order chi connectivity index (χ1) is 11.9. The Labute approximate surface area is 148 Å². The van der Waals surface area contributed by atoms with Crippen molar-refractivity contribution < 1.29 is 9.53 Å². The van der Waals surface area contributed by atoms with E-state index in [0.29, 0.717) is 0 Å². The fraction of sp³-hybridized carbons (Fsp3) is 0.227. The Morgan fingerprint density at radius 1 is 0.840 bits per heavy atom. The summed E-state index contributed by atoms with van der Waals surface area (Å²) in [7, 11) is 0. The molecule has 0 saturated carbocycles. The molecule has 0 fully saturated rings. The lowest BCUT2D eigenvalue weighted by molar-refractivity contribution is 0.0512. The summed E-state index contributed by atoms with van der Waals surface area (Å²) in [5.74, 6) is 0. The van der Waals surface area contributed by atoms with Gasteiger partial charge in [0.2, 0.25) is 0 Å². The molecule has 25 heavy (non-hydrogen) atoms. The van der Waals surface area contributed by atoms with E-state index in [4.69, 9.17) is 4.74 Å². The van der Waals surface area contributed by atoms with Crippen LogP contribution in [-0.4, -0.2) is 11.7 Å². The van der Waals surface area contributed by atoms with Gasteiger partial charge in [-0.1, -0.05) is 66.7 Å². The topological polar surface area (TPSA) is 38.3 Å². The molecule has 3 aromatic carbocycles. The van der Waals surface area contributed by atoms with Crippen molar-refractivity contribution in [1.82, 2.24) is 5.32 Å². The van der Waals surface area contributed by atoms with Crippen molar-refractivity contribution in [2.24, 2.45) is 0 Å². The Hall–Kier alpha value is -2.81. The van der Waals surface area contributed by atoms with Crippen LogP contribution in [0, 0.1) is 0 Å². The summed E-state index contributed by atoms with van der Waals surface area (Å²) in [5.41, 5.74) is 1.51. The van der Waals surface area contributed by atoms with Crippen LogP contribution in [0.5, 0.6) is 0 Å². The predicted octanol–water partition coefficient (Wildman–Crippen LogP) is 5.45. The van der Waals surface area contributed by atoms with Crippen LogP contribution in [0.1, 0.15) is 37.9 Å². The van der Waals surface area contributed by atoms with E-state index < -0.39 is 11.7 Å². The van der Waals surface area contributed by atoms with Crippen LogP contribution < -0.4 is 5.32 Å². The molecule has 3 aromatic rings. The smallest absolute Gasteiger partial charge is 0.408 e. The second kappa shape index (κ2) is 6.98. The van der Waals surface area contributed by atoms with E-state index in [1.165, 1.54) is 5.39 Å². The third kappa shape index (κ3) is 4.38. The molecule has 0 bridgehead atoms. The lowest BCUT2D eigenvalue weighted by Gasteiger charge is -2.24. The lowest BCUT2D eigenvalue weighted by atomic mass is 9.96. The first kappa shape index (κ1) is 17.0. The summed E-state index contributed by atoms with van der Waals surface area (Å²) in [6.45, 7) is 5.58. The molecule has 0 radical (unpaired) electrons. The number of amides is 1. The molecule has 1 amide bonds. The van der Waals surface area contributed by atoms with Crippen LogP contribution in [-0.2, 0) is 4.74 Å². The third-order valence-corrected chi connectivity index (χ3v) is 3.90. The molecule has 3 rings (SSSR count). The molecular weight excluding hydrogens is 310 g/mol. The second-order valence-electron chi connectivity index (χ2n) is 7.10. The summed E-state index contributed by atoms with van der Waals surface area (Å²) in [5, 5.41) is 5.33. The zero-order chi connectivity index (χ0) is 17.9. The average Bonchev–Trinajstić information content (AvgIpc) is 2.58. The highest BCUT2D eigenvalue weighted by Gasteiger charge is 2.21. The lowest BCUT2D eigenvalue weighted by Crippen LogP contribution is -2.35. The molecule has 0 aromatic heterocycles. The quantitative estimate of drug-likeness (QED) is 0.692. The fourth-order valence-electron chi connectivity index (χ4n) is 2.82. The second-order valence-corrected chi connectivity index (χ2v) is 7.10. The molecule has 3 nitrogen and oxygen atoms in total. The first-order valence-electron chi connectivity index (χ1n) is 8.45. The van der Waals surface area contributed by atoms with Gasteiger partial charge in [-0.2, -0.15) is 0 Å². The normalized spacial score (nSPS) is 12.6. The van der Waals surface area contributed by atoms with Gasteiger partial charge in [0.15, 0.2) is 0 Å². The predicted molar refractivity (Wildman–Crippen MR) is 102 cm³/mol. The molecule has 0 saturated heterocycles.